The fourth-order valence-corrected chi connectivity index (χ4v) is 7.91. The molecule has 5 aromatic rings. The van der Waals surface area contributed by atoms with Gasteiger partial charge in [-0.1, -0.05) is 113 Å². The van der Waals surface area contributed by atoms with Crippen LogP contribution >= 0.6 is 0 Å². The molecule has 0 aliphatic carbocycles. The van der Waals surface area contributed by atoms with Crippen molar-refractivity contribution in [3.05, 3.63) is 125 Å². The van der Waals surface area contributed by atoms with Crippen LogP contribution in [0.1, 0.15) is 56.9 Å². The van der Waals surface area contributed by atoms with Crippen LogP contribution in [0.4, 0.5) is 0 Å². The van der Waals surface area contributed by atoms with Gasteiger partial charge in [-0.3, -0.25) is 24.5 Å². The first-order valence-corrected chi connectivity index (χ1v) is 22.2. The summed E-state index contributed by atoms with van der Waals surface area (Å²) in [4.78, 5) is 57.0. The van der Waals surface area contributed by atoms with Gasteiger partial charge in [-0.25, -0.2) is 0 Å². The van der Waals surface area contributed by atoms with Gasteiger partial charge in [-0.2, -0.15) is 0 Å². The third-order valence-electron chi connectivity index (χ3n) is 11.6. The second kappa shape index (κ2) is 23.6. The van der Waals surface area contributed by atoms with Crippen molar-refractivity contribution in [1.82, 2.24) is 26.6 Å². The number of phenolic OH excluding ortho intramolecular Hbond substituents is 1. The fourth-order valence-electron chi connectivity index (χ4n) is 7.91. The van der Waals surface area contributed by atoms with E-state index in [0.717, 1.165) is 21.9 Å². The summed E-state index contributed by atoms with van der Waals surface area (Å²) in [6.45, 7) is 8.94. The van der Waals surface area contributed by atoms with Crippen LogP contribution in [0.3, 0.4) is 0 Å². The van der Waals surface area contributed by atoms with Gasteiger partial charge in [0.1, 0.15) is 29.6 Å². The van der Waals surface area contributed by atoms with Crippen LogP contribution in [-0.4, -0.2) is 92.6 Å². The van der Waals surface area contributed by atoms with E-state index in [1.54, 1.807) is 38.1 Å². The summed E-state index contributed by atoms with van der Waals surface area (Å²) in [6, 6.07) is 26.1. The number of fused-ring (bicyclic) bond motifs is 1. The van der Waals surface area contributed by atoms with Crippen LogP contribution in [0, 0.1) is 11.3 Å². The molecule has 0 aliphatic rings. The molecule has 15 nitrogen and oxygen atoms in total. The standard InChI is InChI=1S/C52H65N5O10/c1-31(2)43(49(61)54-29-35-22-24-37(64-6)28-40(35)58)57-50(62)44(53-30-36-23-25-41(65-7)47(67-9)46(36)66-8)45(60)39(26-32-16-11-10-12-17-32)55-51(63)48(52(3,4)5)56-42(59)27-34-20-15-19-33-18-13-14-21-38(33)34/h10-25,28,31,39,43-45,48,53,58,60H,26-27,29-30H2,1-9H3,(H,54,61)(H,55,63)(H,56,59)(H,57,62)/t39-,43-,44+,45+,48+/m0/s1. The van der Waals surface area contributed by atoms with Crippen molar-refractivity contribution in [3.8, 4) is 28.7 Å². The number of aliphatic hydroxyl groups is 1. The monoisotopic (exact) mass is 919 g/mol. The molecule has 0 spiro atoms. The summed E-state index contributed by atoms with van der Waals surface area (Å²) in [5, 5.41) is 39.9. The van der Waals surface area contributed by atoms with E-state index >= 15 is 0 Å². The van der Waals surface area contributed by atoms with Gasteiger partial charge in [-0.15, -0.1) is 0 Å². The number of hydrogen-bond donors (Lipinski definition) is 7. The topological polar surface area (TPSA) is 206 Å². The van der Waals surface area contributed by atoms with E-state index in [-0.39, 0.29) is 37.6 Å². The average molecular weight is 920 g/mol. The summed E-state index contributed by atoms with van der Waals surface area (Å²) < 4.78 is 22.0. The minimum Gasteiger partial charge on any atom is -0.507 e. The fraction of sp³-hybridized carbons (Fsp3) is 0.385. The Hall–Kier alpha value is -6.84. The molecule has 0 unspecified atom stereocenters. The van der Waals surface area contributed by atoms with Crippen molar-refractivity contribution >= 4 is 34.4 Å². The highest BCUT2D eigenvalue weighted by Crippen LogP contribution is 2.40. The van der Waals surface area contributed by atoms with E-state index in [2.05, 4.69) is 26.6 Å². The number of methoxy groups -OCH3 is 4. The Morgan fingerprint density at radius 1 is 0.642 bits per heavy atom. The SMILES string of the molecule is COc1ccc(CNC(=O)[C@@H](NC(=O)[C@H](NCc2ccc(OC)c(OC)c2OC)[C@H](O)[C@H](Cc2ccccc2)NC(=O)[C@@H](NC(=O)Cc2cccc3ccccc23)C(C)(C)C)C(C)C)c(O)c1. The molecule has 0 heterocycles. The Bertz CT molecular complexity index is 2470. The molecule has 5 rings (SSSR count). The van der Waals surface area contributed by atoms with Gasteiger partial charge in [0.25, 0.3) is 0 Å². The normalized spacial score (nSPS) is 13.7. The van der Waals surface area contributed by atoms with Gasteiger partial charge >= 0.3 is 0 Å². The number of phenols is 1. The van der Waals surface area contributed by atoms with Crippen LogP contribution < -0.4 is 45.5 Å². The Kier molecular flexibility index (Phi) is 18.0. The summed E-state index contributed by atoms with van der Waals surface area (Å²) in [7, 11) is 5.91. The van der Waals surface area contributed by atoms with E-state index in [1.165, 1.54) is 34.5 Å². The Labute approximate surface area is 392 Å². The van der Waals surface area contributed by atoms with Crippen molar-refractivity contribution in [2.24, 2.45) is 11.3 Å². The lowest BCUT2D eigenvalue weighted by Crippen LogP contribution is -2.64. The molecule has 0 bridgehead atoms. The lowest BCUT2D eigenvalue weighted by Gasteiger charge is -2.35. The van der Waals surface area contributed by atoms with Gasteiger partial charge in [-0.05, 0) is 57.9 Å². The zero-order chi connectivity index (χ0) is 48.8. The summed E-state index contributed by atoms with van der Waals surface area (Å²) >= 11 is 0. The third-order valence-corrected chi connectivity index (χ3v) is 11.6. The predicted molar refractivity (Wildman–Crippen MR) is 257 cm³/mol. The number of aliphatic hydroxyl groups excluding tert-OH is 1. The van der Waals surface area contributed by atoms with Gasteiger partial charge in [0.05, 0.1) is 47.0 Å². The molecule has 0 aliphatic heterocycles. The summed E-state index contributed by atoms with van der Waals surface area (Å²) in [5.74, 6) is -1.22. The zero-order valence-electron chi connectivity index (χ0n) is 39.8. The van der Waals surface area contributed by atoms with Crippen LogP contribution in [-0.2, 0) is 45.1 Å². The Morgan fingerprint density at radius 3 is 1.96 bits per heavy atom. The molecule has 358 valence electrons. The quantitative estimate of drug-likeness (QED) is 0.0471. The molecule has 15 heteroatoms. The highest BCUT2D eigenvalue weighted by Gasteiger charge is 2.40. The van der Waals surface area contributed by atoms with Crippen LogP contribution in [0.15, 0.2) is 103 Å². The smallest absolute Gasteiger partial charge is 0.243 e. The number of nitrogens with one attached hydrogen (secondary N) is 5. The van der Waals surface area contributed by atoms with Crippen LogP contribution in [0.2, 0.25) is 0 Å². The third kappa shape index (κ3) is 13.4. The molecule has 0 radical (unpaired) electrons. The maximum absolute atomic E-state index is 14.7. The summed E-state index contributed by atoms with van der Waals surface area (Å²) in [6.07, 6.45) is -1.52. The number of carbonyl (C=O) groups is 4. The van der Waals surface area contributed by atoms with Gasteiger partial charge in [0.15, 0.2) is 11.5 Å². The first-order valence-electron chi connectivity index (χ1n) is 22.2. The first-order chi connectivity index (χ1) is 32.0. The minimum atomic E-state index is -1.63. The molecular formula is C52H65N5O10. The summed E-state index contributed by atoms with van der Waals surface area (Å²) in [5.41, 5.74) is 1.74. The van der Waals surface area contributed by atoms with Crippen molar-refractivity contribution in [2.75, 3.05) is 28.4 Å². The molecule has 0 aromatic heterocycles. The Balaban J connectivity index is 1.47. The number of benzene rings is 5. The second-order valence-electron chi connectivity index (χ2n) is 17.8. The zero-order valence-corrected chi connectivity index (χ0v) is 39.8. The van der Waals surface area contributed by atoms with Crippen molar-refractivity contribution < 1.29 is 48.3 Å². The maximum atomic E-state index is 14.7. The van der Waals surface area contributed by atoms with Gasteiger partial charge in [0, 0.05) is 30.3 Å². The number of amides is 4. The molecule has 0 saturated heterocycles. The first kappa shape index (κ1) is 51.1. The molecule has 4 amide bonds. The van der Waals surface area contributed by atoms with Gasteiger partial charge < -0.3 is 50.4 Å². The van der Waals surface area contributed by atoms with Gasteiger partial charge in [0.2, 0.25) is 29.4 Å². The number of carbonyl (C=O) groups excluding carboxylic acids is 4. The number of rotatable bonds is 22. The second-order valence-corrected chi connectivity index (χ2v) is 17.8. The van der Waals surface area contributed by atoms with E-state index in [1.807, 2.05) is 93.6 Å². The molecule has 5 aromatic carbocycles. The van der Waals surface area contributed by atoms with Crippen molar-refractivity contribution in [1.29, 1.82) is 0 Å². The largest absolute Gasteiger partial charge is 0.507 e. The number of hydrogen-bond acceptors (Lipinski definition) is 11. The lowest BCUT2D eigenvalue weighted by molar-refractivity contribution is -0.135. The van der Waals surface area contributed by atoms with Crippen LogP contribution in [0.25, 0.3) is 10.8 Å². The van der Waals surface area contributed by atoms with E-state index in [9.17, 15) is 29.4 Å². The van der Waals surface area contributed by atoms with Crippen LogP contribution in [0.5, 0.6) is 28.7 Å². The van der Waals surface area contributed by atoms with E-state index < -0.39 is 59.3 Å². The predicted octanol–water partition coefficient (Wildman–Crippen LogP) is 5.36. The molecule has 0 saturated carbocycles. The molecular weight excluding hydrogens is 855 g/mol. The maximum Gasteiger partial charge on any atom is 0.243 e. The molecule has 7 N–H and O–H groups in total. The highest BCUT2D eigenvalue weighted by molar-refractivity contribution is 5.93. The van der Waals surface area contributed by atoms with E-state index in [4.69, 9.17) is 18.9 Å². The minimum absolute atomic E-state index is 0.0227. The average Bonchev–Trinajstić information content (AvgIpc) is 3.31. The molecule has 0 fully saturated rings. The molecule has 5 atom stereocenters. The number of aromatic hydroxyl groups is 1. The number of ether oxygens (including phenoxy) is 4. The lowest BCUT2D eigenvalue weighted by atomic mass is 9.85. The van der Waals surface area contributed by atoms with Crippen molar-refractivity contribution in [2.45, 2.75) is 90.8 Å². The highest BCUT2D eigenvalue weighted by atomic mass is 16.5. The van der Waals surface area contributed by atoms with Crippen molar-refractivity contribution in [3.63, 3.8) is 0 Å². The molecule has 67 heavy (non-hydrogen) atoms. The Morgan fingerprint density at radius 2 is 1.31 bits per heavy atom. The van der Waals surface area contributed by atoms with E-state index in [0.29, 0.717) is 34.1 Å².